The normalized spacial score (nSPS) is 10.2. The van der Waals surface area contributed by atoms with Crippen LogP contribution in [0.25, 0.3) is 0 Å². The largest absolute Gasteiger partial charge is 0.493 e. The molecule has 0 aliphatic heterocycles. The van der Waals surface area contributed by atoms with Gasteiger partial charge in [-0.15, -0.1) is 0 Å². The van der Waals surface area contributed by atoms with Gasteiger partial charge in [0.25, 0.3) is 5.91 Å². The van der Waals surface area contributed by atoms with Gasteiger partial charge in [-0.05, 0) is 42.8 Å². The summed E-state index contributed by atoms with van der Waals surface area (Å²) in [6.45, 7) is 1.68. The molecule has 0 aliphatic rings. The molecule has 0 heterocycles. The van der Waals surface area contributed by atoms with Crippen molar-refractivity contribution >= 4 is 27.5 Å². The standard InChI is InChI=1S/C16H15BrFNO3/c1-10-3-6-14(15(7-10)21-2)22-9-16(20)19-13-5-4-11(17)8-12(13)18/h3-8H,9H2,1-2H3,(H,19,20). The zero-order valence-electron chi connectivity index (χ0n) is 12.2. The summed E-state index contributed by atoms with van der Waals surface area (Å²) in [4.78, 5) is 11.8. The molecular weight excluding hydrogens is 353 g/mol. The highest BCUT2D eigenvalue weighted by molar-refractivity contribution is 9.10. The fraction of sp³-hybridized carbons (Fsp3) is 0.188. The van der Waals surface area contributed by atoms with Gasteiger partial charge < -0.3 is 14.8 Å². The summed E-state index contributed by atoms with van der Waals surface area (Å²) in [6.07, 6.45) is 0. The van der Waals surface area contributed by atoms with Crippen LogP contribution in [0, 0.1) is 12.7 Å². The first-order chi connectivity index (χ1) is 10.5. The number of ether oxygens (including phenoxy) is 2. The van der Waals surface area contributed by atoms with E-state index in [0.29, 0.717) is 16.0 Å². The van der Waals surface area contributed by atoms with E-state index >= 15 is 0 Å². The van der Waals surface area contributed by atoms with E-state index in [4.69, 9.17) is 9.47 Å². The van der Waals surface area contributed by atoms with E-state index in [1.807, 2.05) is 19.1 Å². The molecule has 4 nitrogen and oxygen atoms in total. The van der Waals surface area contributed by atoms with Crippen LogP contribution in [0.3, 0.4) is 0 Å². The summed E-state index contributed by atoms with van der Waals surface area (Å²) in [5.74, 6) is 0.0293. The average Bonchev–Trinajstić information content (AvgIpc) is 2.48. The van der Waals surface area contributed by atoms with Crippen LogP contribution in [0.1, 0.15) is 5.56 Å². The van der Waals surface area contributed by atoms with Gasteiger partial charge in [-0.25, -0.2) is 4.39 Å². The number of carbonyl (C=O) groups excluding carboxylic acids is 1. The second-order valence-electron chi connectivity index (χ2n) is 4.62. The Kier molecular flexibility index (Phi) is 5.38. The van der Waals surface area contributed by atoms with E-state index in [0.717, 1.165) is 5.56 Å². The lowest BCUT2D eigenvalue weighted by Crippen LogP contribution is -2.21. The van der Waals surface area contributed by atoms with Crippen molar-refractivity contribution in [3.8, 4) is 11.5 Å². The quantitative estimate of drug-likeness (QED) is 0.870. The minimum Gasteiger partial charge on any atom is -0.493 e. The van der Waals surface area contributed by atoms with Crippen molar-refractivity contribution in [3.05, 3.63) is 52.3 Å². The predicted molar refractivity (Wildman–Crippen MR) is 86.0 cm³/mol. The first kappa shape index (κ1) is 16.3. The van der Waals surface area contributed by atoms with Crippen molar-refractivity contribution in [2.75, 3.05) is 19.0 Å². The van der Waals surface area contributed by atoms with Crippen molar-refractivity contribution in [1.29, 1.82) is 0 Å². The first-order valence-electron chi connectivity index (χ1n) is 6.52. The number of benzene rings is 2. The van der Waals surface area contributed by atoms with Gasteiger partial charge in [0.1, 0.15) is 5.82 Å². The molecule has 0 saturated heterocycles. The van der Waals surface area contributed by atoms with E-state index in [1.165, 1.54) is 19.2 Å². The third-order valence-corrected chi connectivity index (χ3v) is 3.38. The SMILES string of the molecule is COc1cc(C)ccc1OCC(=O)Nc1ccc(Br)cc1F. The number of hydrogen-bond donors (Lipinski definition) is 1. The van der Waals surface area contributed by atoms with E-state index in [2.05, 4.69) is 21.2 Å². The molecule has 0 aliphatic carbocycles. The van der Waals surface area contributed by atoms with Crippen LogP contribution >= 0.6 is 15.9 Å². The second kappa shape index (κ2) is 7.26. The zero-order chi connectivity index (χ0) is 16.1. The Hall–Kier alpha value is -2.08. The number of anilines is 1. The second-order valence-corrected chi connectivity index (χ2v) is 5.53. The topological polar surface area (TPSA) is 47.6 Å². The lowest BCUT2D eigenvalue weighted by Gasteiger charge is -2.11. The van der Waals surface area contributed by atoms with E-state index in [9.17, 15) is 9.18 Å². The van der Waals surface area contributed by atoms with Crippen molar-refractivity contribution in [3.63, 3.8) is 0 Å². The number of amides is 1. The third-order valence-electron chi connectivity index (χ3n) is 2.88. The molecule has 1 N–H and O–H groups in total. The van der Waals surface area contributed by atoms with Gasteiger partial charge in [-0.2, -0.15) is 0 Å². The smallest absolute Gasteiger partial charge is 0.262 e. The summed E-state index contributed by atoms with van der Waals surface area (Å²) >= 11 is 3.15. The molecule has 116 valence electrons. The Morgan fingerprint density at radius 2 is 2.00 bits per heavy atom. The molecule has 0 fully saturated rings. The Morgan fingerprint density at radius 1 is 1.23 bits per heavy atom. The van der Waals surface area contributed by atoms with Gasteiger partial charge in [0.15, 0.2) is 18.1 Å². The number of aryl methyl sites for hydroxylation is 1. The van der Waals surface area contributed by atoms with Crippen LogP contribution < -0.4 is 14.8 Å². The summed E-state index contributed by atoms with van der Waals surface area (Å²) in [7, 11) is 1.53. The van der Waals surface area contributed by atoms with E-state index in [-0.39, 0.29) is 12.3 Å². The van der Waals surface area contributed by atoms with E-state index < -0.39 is 11.7 Å². The Bertz CT molecular complexity index is 691. The molecule has 0 unspecified atom stereocenters. The number of hydrogen-bond acceptors (Lipinski definition) is 3. The number of methoxy groups -OCH3 is 1. The molecule has 22 heavy (non-hydrogen) atoms. The number of rotatable bonds is 5. The molecule has 0 aromatic heterocycles. The average molecular weight is 368 g/mol. The maximum absolute atomic E-state index is 13.6. The molecule has 6 heteroatoms. The molecule has 0 radical (unpaired) electrons. The monoisotopic (exact) mass is 367 g/mol. The minimum absolute atomic E-state index is 0.104. The van der Waals surface area contributed by atoms with Gasteiger partial charge in [0.05, 0.1) is 12.8 Å². The highest BCUT2D eigenvalue weighted by Crippen LogP contribution is 2.27. The summed E-state index contributed by atoms with van der Waals surface area (Å²) < 4.78 is 24.8. The van der Waals surface area contributed by atoms with Gasteiger partial charge in [-0.1, -0.05) is 22.0 Å². The fourth-order valence-electron chi connectivity index (χ4n) is 1.81. The van der Waals surface area contributed by atoms with Gasteiger partial charge in [0, 0.05) is 4.47 Å². The lowest BCUT2D eigenvalue weighted by atomic mass is 10.2. The van der Waals surface area contributed by atoms with Crippen LogP contribution in [0.15, 0.2) is 40.9 Å². The number of halogens is 2. The summed E-state index contributed by atoms with van der Waals surface area (Å²) in [5.41, 5.74) is 1.12. The molecule has 2 rings (SSSR count). The van der Waals surface area contributed by atoms with Crippen molar-refractivity contribution < 1.29 is 18.7 Å². The maximum Gasteiger partial charge on any atom is 0.262 e. The highest BCUT2D eigenvalue weighted by Gasteiger charge is 2.10. The molecule has 0 bridgehead atoms. The third kappa shape index (κ3) is 4.21. The molecular formula is C16H15BrFNO3. The van der Waals surface area contributed by atoms with Crippen LogP contribution in [-0.4, -0.2) is 19.6 Å². The lowest BCUT2D eigenvalue weighted by molar-refractivity contribution is -0.118. The van der Waals surface area contributed by atoms with Crippen molar-refractivity contribution in [2.45, 2.75) is 6.92 Å². The maximum atomic E-state index is 13.6. The Balaban J connectivity index is 1.98. The molecule has 0 atom stereocenters. The van der Waals surface area contributed by atoms with Crippen molar-refractivity contribution in [1.82, 2.24) is 0 Å². The number of carbonyl (C=O) groups is 1. The van der Waals surface area contributed by atoms with Gasteiger partial charge >= 0.3 is 0 Å². The highest BCUT2D eigenvalue weighted by atomic mass is 79.9. The van der Waals surface area contributed by atoms with Crippen LogP contribution in [0.2, 0.25) is 0 Å². The fourth-order valence-corrected chi connectivity index (χ4v) is 2.15. The van der Waals surface area contributed by atoms with Gasteiger partial charge in [0.2, 0.25) is 0 Å². The summed E-state index contributed by atoms with van der Waals surface area (Å²) in [6, 6.07) is 9.78. The van der Waals surface area contributed by atoms with Crippen molar-refractivity contribution in [2.24, 2.45) is 0 Å². The molecule has 2 aromatic carbocycles. The Morgan fingerprint density at radius 3 is 2.68 bits per heavy atom. The minimum atomic E-state index is -0.518. The zero-order valence-corrected chi connectivity index (χ0v) is 13.7. The van der Waals surface area contributed by atoms with E-state index in [1.54, 1.807) is 12.1 Å². The summed E-state index contributed by atoms with van der Waals surface area (Å²) in [5, 5.41) is 2.46. The molecule has 0 saturated carbocycles. The molecule has 2 aromatic rings. The Labute approximate surface area is 136 Å². The molecule has 1 amide bonds. The first-order valence-corrected chi connectivity index (χ1v) is 7.31. The van der Waals surface area contributed by atoms with Gasteiger partial charge in [-0.3, -0.25) is 4.79 Å². The van der Waals surface area contributed by atoms with Crippen LogP contribution in [0.4, 0.5) is 10.1 Å². The number of nitrogens with one attached hydrogen (secondary N) is 1. The van der Waals surface area contributed by atoms with Crippen LogP contribution in [0.5, 0.6) is 11.5 Å². The molecule has 0 spiro atoms. The predicted octanol–water partition coefficient (Wildman–Crippen LogP) is 3.92. The van der Waals surface area contributed by atoms with Crippen LogP contribution in [-0.2, 0) is 4.79 Å².